The predicted octanol–water partition coefficient (Wildman–Crippen LogP) is 2.70. The number of benzene rings is 2. The number of ether oxygens (including phenoxy) is 4. The van der Waals surface area contributed by atoms with Crippen LogP contribution in [0.2, 0.25) is 0 Å². The molecule has 0 radical (unpaired) electrons. The number of halogens is 1. The van der Waals surface area contributed by atoms with E-state index in [2.05, 4.69) is 0 Å². The lowest BCUT2D eigenvalue weighted by Crippen LogP contribution is -2.42. The second-order valence-corrected chi connectivity index (χ2v) is 7.05. The van der Waals surface area contributed by atoms with E-state index in [1.807, 2.05) is 42.5 Å². The Labute approximate surface area is 179 Å². The third-order valence-electron chi connectivity index (χ3n) is 5.09. The molecule has 0 spiro atoms. The summed E-state index contributed by atoms with van der Waals surface area (Å²) in [6.07, 6.45) is -4.28. The summed E-state index contributed by atoms with van der Waals surface area (Å²) in [5, 5.41) is 30.5. The molecule has 0 amide bonds. The van der Waals surface area contributed by atoms with E-state index in [1.165, 1.54) is 0 Å². The zero-order valence-electron chi connectivity index (χ0n) is 16.8. The molecule has 0 aliphatic heterocycles. The van der Waals surface area contributed by atoms with Crippen molar-refractivity contribution in [1.29, 1.82) is 5.26 Å². The van der Waals surface area contributed by atoms with Crippen molar-refractivity contribution in [2.45, 2.75) is 24.9 Å². The maximum absolute atomic E-state index is 13.6. The molecule has 2 aromatic carbocycles. The van der Waals surface area contributed by atoms with Gasteiger partial charge >= 0.3 is 0 Å². The monoisotopic (exact) mass is 429 g/mol. The van der Waals surface area contributed by atoms with Gasteiger partial charge in [-0.2, -0.15) is 5.26 Å². The molecule has 4 atom stereocenters. The average Bonchev–Trinajstić information content (AvgIpc) is 3.01. The summed E-state index contributed by atoms with van der Waals surface area (Å²) in [5.41, 5.74) is -1.14. The van der Waals surface area contributed by atoms with Crippen molar-refractivity contribution in [2.24, 2.45) is 5.41 Å². The first-order chi connectivity index (χ1) is 15.1. The van der Waals surface area contributed by atoms with Crippen LogP contribution in [0.1, 0.15) is 5.56 Å². The van der Waals surface area contributed by atoms with Crippen LogP contribution in [0.15, 0.2) is 72.6 Å². The van der Waals surface area contributed by atoms with Crippen LogP contribution >= 0.6 is 0 Å². The maximum Gasteiger partial charge on any atom is 0.189 e. The van der Waals surface area contributed by atoms with Gasteiger partial charge in [-0.25, -0.2) is 4.39 Å². The minimum atomic E-state index is -1.75. The van der Waals surface area contributed by atoms with Crippen LogP contribution in [-0.4, -0.2) is 48.7 Å². The van der Waals surface area contributed by atoms with E-state index in [9.17, 15) is 19.9 Å². The molecule has 0 bridgehead atoms. The van der Waals surface area contributed by atoms with Crippen LogP contribution in [0.5, 0.6) is 5.75 Å². The third kappa shape index (κ3) is 5.28. The van der Waals surface area contributed by atoms with Gasteiger partial charge in [-0.15, -0.1) is 0 Å². The summed E-state index contributed by atoms with van der Waals surface area (Å²) in [6, 6.07) is 20.2. The van der Waals surface area contributed by atoms with Crippen molar-refractivity contribution in [2.75, 3.05) is 20.2 Å². The van der Waals surface area contributed by atoms with Crippen LogP contribution in [0.3, 0.4) is 0 Å². The lowest BCUT2D eigenvalue weighted by atomic mass is 9.83. The first-order valence-corrected chi connectivity index (χ1v) is 9.69. The zero-order chi connectivity index (χ0) is 22.1. The zero-order valence-corrected chi connectivity index (χ0v) is 16.8. The normalized spacial score (nSPS) is 26.6. The Morgan fingerprint density at radius 1 is 1.00 bits per heavy atom. The summed E-state index contributed by atoms with van der Waals surface area (Å²) in [4.78, 5) is 0. The van der Waals surface area contributed by atoms with Crippen molar-refractivity contribution < 1.29 is 33.6 Å². The lowest BCUT2D eigenvalue weighted by Gasteiger charge is -2.29. The molecule has 0 heterocycles. The van der Waals surface area contributed by atoms with E-state index in [1.54, 1.807) is 24.3 Å². The van der Waals surface area contributed by atoms with Crippen molar-refractivity contribution >= 4 is 0 Å². The minimum Gasteiger partial charge on any atom is -0.468 e. The number of nitriles is 1. The molecule has 1 aliphatic rings. The minimum absolute atomic E-state index is 0.118. The Hall–Kier alpha value is -2.80. The SMILES string of the molecule is N#C[C@]1(COCOc2ccccc2)/C(=C/F)[C@H](O)[C@H](O)[C@@H]1OCOCc1ccccc1. The summed E-state index contributed by atoms with van der Waals surface area (Å²) in [6.45, 7) is -0.591. The molecule has 1 aliphatic carbocycles. The highest BCUT2D eigenvalue weighted by molar-refractivity contribution is 5.36. The molecule has 1 fully saturated rings. The van der Waals surface area contributed by atoms with Crippen molar-refractivity contribution in [3.05, 3.63) is 78.1 Å². The molecule has 7 nitrogen and oxygen atoms in total. The van der Waals surface area contributed by atoms with Crippen molar-refractivity contribution in [3.63, 3.8) is 0 Å². The molecule has 0 saturated heterocycles. The molecule has 3 rings (SSSR count). The number of para-hydroxylation sites is 1. The molecule has 164 valence electrons. The first kappa shape index (κ1) is 22.9. The van der Waals surface area contributed by atoms with Gasteiger partial charge in [-0.1, -0.05) is 48.5 Å². The van der Waals surface area contributed by atoms with Gasteiger partial charge in [0.2, 0.25) is 0 Å². The molecule has 0 unspecified atom stereocenters. The maximum atomic E-state index is 13.6. The standard InChI is InChI=1S/C23H24FNO6/c24-11-19-20(26)21(27)22(31-15-28-12-17-7-3-1-4-8-17)23(19,13-25)14-29-16-30-18-9-5-2-6-10-18/h1-11,20-22,26-27H,12,14-16H2/b19-11+/t20-,21-,22-,23-/m0/s1. The predicted molar refractivity (Wildman–Crippen MR) is 108 cm³/mol. The van der Waals surface area contributed by atoms with Crippen LogP contribution in [0.25, 0.3) is 0 Å². The Balaban J connectivity index is 1.62. The number of hydrogen-bond donors (Lipinski definition) is 2. The quantitative estimate of drug-likeness (QED) is 0.442. The van der Waals surface area contributed by atoms with E-state index in [0.717, 1.165) is 5.56 Å². The molecule has 1 saturated carbocycles. The van der Waals surface area contributed by atoms with Crippen LogP contribution < -0.4 is 4.74 Å². The van der Waals surface area contributed by atoms with E-state index in [4.69, 9.17) is 18.9 Å². The largest absolute Gasteiger partial charge is 0.468 e. The van der Waals surface area contributed by atoms with Crippen LogP contribution in [-0.2, 0) is 20.8 Å². The van der Waals surface area contributed by atoms with Crippen molar-refractivity contribution in [1.82, 2.24) is 0 Å². The molecular weight excluding hydrogens is 405 g/mol. The summed E-state index contributed by atoms with van der Waals surface area (Å²) in [7, 11) is 0. The Morgan fingerprint density at radius 2 is 1.68 bits per heavy atom. The molecule has 2 N–H and O–H groups in total. The molecule has 31 heavy (non-hydrogen) atoms. The number of nitrogens with zero attached hydrogens (tertiary/aromatic N) is 1. The summed E-state index contributed by atoms with van der Waals surface area (Å²) >= 11 is 0. The smallest absolute Gasteiger partial charge is 0.189 e. The number of rotatable bonds is 10. The highest BCUT2D eigenvalue weighted by Crippen LogP contribution is 2.45. The molecule has 8 heteroatoms. The molecular formula is C23H24FNO6. The number of aliphatic hydroxyl groups excluding tert-OH is 2. The molecule has 2 aromatic rings. The molecule has 0 aromatic heterocycles. The number of aliphatic hydroxyl groups is 2. The first-order valence-electron chi connectivity index (χ1n) is 9.69. The highest BCUT2D eigenvalue weighted by Gasteiger charge is 2.59. The van der Waals surface area contributed by atoms with Gasteiger partial charge in [-0.3, -0.25) is 0 Å². The summed E-state index contributed by atoms with van der Waals surface area (Å²) < 4.78 is 35.5. The second-order valence-electron chi connectivity index (χ2n) is 7.05. The fourth-order valence-electron chi connectivity index (χ4n) is 3.48. The van der Waals surface area contributed by atoms with Crippen LogP contribution in [0.4, 0.5) is 4.39 Å². The topological polar surface area (TPSA) is 101 Å². The van der Waals surface area contributed by atoms with E-state index >= 15 is 0 Å². The van der Waals surface area contributed by atoms with Gasteiger partial charge in [0.1, 0.15) is 36.3 Å². The van der Waals surface area contributed by atoms with E-state index < -0.39 is 23.7 Å². The van der Waals surface area contributed by atoms with Gasteiger partial charge in [0.15, 0.2) is 6.79 Å². The number of hydrogen-bond acceptors (Lipinski definition) is 7. The van der Waals surface area contributed by atoms with Gasteiger partial charge < -0.3 is 29.2 Å². The van der Waals surface area contributed by atoms with Crippen LogP contribution in [0, 0.1) is 16.7 Å². The van der Waals surface area contributed by atoms with Gasteiger partial charge in [0.05, 0.1) is 25.6 Å². The van der Waals surface area contributed by atoms with Crippen molar-refractivity contribution in [3.8, 4) is 11.8 Å². The van der Waals surface area contributed by atoms with E-state index in [0.29, 0.717) is 5.75 Å². The lowest BCUT2D eigenvalue weighted by molar-refractivity contribution is -0.158. The Kier molecular flexibility index (Phi) is 8.12. The van der Waals surface area contributed by atoms with Gasteiger partial charge in [0.25, 0.3) is 0 Å². The van der Waals surface area contributed by atoms with Gasteiger partial charge in [0, 0.05) is 5.57 Å². The highest BCUT2D eigenvalue weighted by atomic mass is 19.1. The van der Waals surface area contributed by atoms with Gasteiger partial charge in [-0.05, 0) is 17.7 Å². The fourth-order valence-corrected chi connectivity index (χ4v) is 3.48. The fraction of sp³-hybridized carbons (Fsp3) is 0.348. The summed E-state index contributed by atoms with van der Waals surface area (Å²) in [5.74, 6) is 0.559. The Morgan fingerprint density at radius 3 is 2.32 bits per heavy atom. The average molecular weight is 429 g/mol. The van der Waals surface area contributed by atoms with E-state index in [-0.39, 0.29) is 38.7 Å². The second kappa shape index (κ2) is 11.0. The third-order valence-corrected chi connectivity index (χ3v) is 5.09. The Bertz CT molecular complexity index is 888.